The molecular formula is C16H14Cl4O2Se2. The molecule has 0 spiro atoms. The molecule has 0 N–H and O–H groups in total. The molecule has 0 saturated carbocycles. The predicted molar refractivity (Wildman–Crippen MR) is 105 cm³/mol. The van der Waals surface area contributed by atoms with Crippen molar-refractivity contribution in [2.45, 2.75) is 10.6 Å². The zero-order valence-corrected chi connectivity index (χ0v) is 18.9. The van der Waals surface area contributed by atoms with Crippen LogP contribution in [0.2, 0.25) is 30.7 Å². The first-order chi connectivity index (χ1) is 11.6. The van der Waals surface area contributed by atoms with Crippen LogP contribution in [-0.2, 0) is 0 Å². The molecule has 130 valence electrons. The van der Waals surface area contributed by atoms with Gasteiger partial charge in [-0.25, -0.2) is 0 Å². The average Bonchev–Trinajstić information content (AvgIpc) is 2.53. The number of benzene rings is 2. The van der Waals surface area contributed by atoms with Gasteiger partial charge in [-0.3, -0.25) is 0 Å². The van der Waals surface area contributed by atoms with Crippen LogP contribution in [0.25, 0.3) is 0 Å². The van der Waals surface area contributed by atoms with Crippen molar-refractivity contribution in [2.24, 2.45) is 0 Å². The van der Waals surface area contributed by atoms with Crippen molar-refractivity contribution < 1.29 is 9.47 Å². The average molecular weight is 538 g/mol. The number of halogens is 4. The van der Waals surface area contributed by atoms with Gasteiger partial charge in [0.1, 0.15) is 0 Å². The fraction of sp³-hybridized carbons (Fsp3) is 0.250. The molecule has 0 unspecified atom stereocenters. The second-order valence-corrected chi connectivity index (χ2v) is 14.0. The molecule has 0 aromatic heterocycles. The Labute approximate surface area is 173 Å². The van der Waals surface area contributed by atoms with Crippen LogP contribution in [-0.4, -0.2) is 39.5 Å². The van der Waals surface area contributed by atoms with Crippen LogP contribution in [0.5, 0.6) is 11.5 Å². The summed E-state index contributed by atoms with van der Waals surface area (Å²) in [5, 5.41) is 4.42. The van der Waals surface area contributed by atoms with E-state index >= 15 is 0 Å². The molecular weight excluding hydrogens is 524 g/mol. The van der Waals surface area contributed by atoms with Crippen molar-refractivity contribution in [2.75, 3.05) is 13.2 Å². The van der Waals surface area contributed by atoms with Gasteiger partial charge in [-0.1, -0.05) is 0 Å². The fourth-order valence-electron chi connectivity index (χ4n) is 1.67. The summed E-state index contributed by atoms with van der Waals surface area (Å²) in [4.78, 5) is 0. The van der Waals surface area contributed by atoms with Crippen molar-refractivity contribution in [3.63, 3.8) is 0 Å². The van der Waals surface area contributed by atoms with Crippen LogP contribution in [0.1, 0.15) is 0 Å². The van der Waals surface area contributed by atoms with E-state index in [4.69, 9.17) is 55.9 Å². The van der Waals surface area contributed by atoms with Gasteiger partial charge in [0.05, 0.1) is 0 Å². The molecule has 2 nitrogen and oxygen atoms in total. The monoisotopic (exact) mass is 538 g/mol. The van der Waals surface area contributed by atoms with E-state index in [1.165, 1.54) is 0 Å². The third-order valence-corrected chi connectivity index (χ3v) is 11.0. The van der Waals surface area contributed by atoms with E-state index in [9.17, 15) is 0 Å². The molecule has 0 saturated heterocycles. The van der Waals surface area contributed by atoms with Crippen LogP contribution in [0.4, 0.5) is 0 Å². The number of hydrogen-bond acceptors (Lipinski definition) is 2. The predicted octanol–water partition coefficient (Wildman–Crippen LogP) is 5.92. The summed E-state index contributed by atoms with van der Waals surface area (Å²) >= 11 is 24.9. The van der Waals surface area contributed by atoms with Gasteiger partial charge >= 0.3 is 174 Å². The Morgan fingerprint density at radius 2 is 1.08 bits per heavy atom. The van der Waals surface area contributed by atoms with E-state index in [0.29, 0.717) is 71.1 Å². The van der Waals surface area contributed by atoms with Crippen LogP contribution in [0.15, 0.2) is 36.4 Å². The Morgan fingerprint density at radius 3 is 1.46 bits per heavy atom. The van der Waals surface area contributed by atoms with Gasteiger partial charge in [-0.05, 0) is 0 Å². The summed E-state index contributed by atoms with van der Waals surface area (Å²) in [5.41, 5.74) is 0. The quantitative estimate of drug-likeness (QED) is 0.292. The van der Waals surface area contributed by atoms with E-state index in [1.54, 1.807) is 36.4 Å². The topological polar surface area (TPSA) is 18.5 Å². The zero-order valence-electron chi connectivity index (χ0n) is 12.4. The Morgan fingerprint density at radius 1 is 0.667 bits per heavy atom. The third kappa shape index (κ3) is 7.23. The molecule has 0 amide bonds. The van der Waals surface area contributed by atoms with Gasteiger partial charge in [-0.15, -0.1) is 0 Å². The van der Waals surface area contributed by atoms with Crippen molar-refractivity contribution in [1.29, 1.82) is 0 Å². The minimum atomic E-state index is 0.550. The number of ether oxygens (including phenoxy) is 2. The van der Waals surface area contributed by atoms with E-state index in [1.807, 2.05) is 0 Å². The minimum absolute atomic E-state index is 0.550. The number of rotatable bonds is 9. The molecule has 0 atom stereocenters. The number of hydrogen-bond donors (Lipinski definition) is 0. The van der Waals surface area contributed by atoms with Gasteiger partial charge in [0.2, 0.25) is 0 Å². The summed E-state index contributed by atoms with van der Waals surface area (Å²) in [6, 6.07) is 10.5. The Bertz CT molecular complexity index is 613. The molecule has 2 aromatic rings. The zero-order chi connectivity index (χ0) is 17.4. The molecule has 0 fully saturated rings. The van der Waals surface area contributed by atoms with Gasteiger partial charge in [0, 0.05) is 0 Å². The summed E-state index contributed by atoms with van der Waals surface area (Å²) in [6.07, 6.45) is 0. The molecule has 0 aliphatic carbocycles. The Hall–Kier alpha value is 0.239. The SMILES string of the molecule is Clc1ccc(OCC[Se][Se]CCOc2ccc(Cl)cc2Cl)c(Cl)c1. The molecule has 0 aliphatic heterocycles. The summed E-state index contributed by atoms with van der Waals surface area (Å²) < 4.78 is 11.3. The third-order valence-electron chi connectivity index (χ3n) is 2.72. The molecule has 8 heteroatoms. The van der Waals surface area contributed by atoms with E-state index in [2.05, 4.69) is 0 Å². The van der Waals surface area contributed by atoms with Crippen molar-refractivity contribution in [1.82, 2.24) is 0 Å². The summed E-state index contributed by atoms with van der Waals surface area (Å²) in [6.45, 7) is 1.35. The first-order valence-electron chi connectivity index (χ1n) is 6.96. The van der Waals surface area contributed by atoms with Gasteiger partial charge in [0.25, 0.3) is 0 Å². The summed E-state index contributed by atoms with van der Waals surface area (Å²) in [5.74, 6) is 1.37. The van der Waals surface area contributed by atoms with Crippen LogP contribution >= 0.6 is 46.4 Å². The second-order valence-electron chi connectivity index (χ2n) is 4.49. The van der Waals surface area contributed by atoms with Crippen LogP contribution in [0, 0.1) is 0 Å². The second kappa shape index (κ2) is 11.1. The van der Waals surface area contributed by atoms with E-state index < -0.39 is 0 Å². The first kappa shape index (κ1) is 20.5. The normalized spacial score (nSPS) is 10.7. The molecule has 0 bridgehead atoms. The van der Waals surface area contributed by atoms with Gasteiger partial charge < -0.3 is 0 Å². The van der Waals surface area contributed by atoms with E-state index in [0.717, 1.165) is 10.6 Å². The fourth-order valence-corrected chi connectivity index (χ4v) is 7.78. The van der Waals surface area contributed by atoms with Crippen LogP contribution in [0.3, 0.4) is 0 Å². The Kier molecular flexibility index (Phi) is 9.47. The molecule has 2 aromatic carbocycles. The maximum atomic E-state index is 6.06. The first-order valence-corrected chi connectivity index (χ1v) is 15.2. The van der Waals surface area contributed by atoms with Crippen molar-refractivity contribution in [3.05, 3.63) is 56.5 Å². The maximum absolute atomic E-state index is 6.06. The van der Waals surface area contributed by atoms with Gasteiger partial charge in [0.15, 0.2) is 0 Å². The molecule has 0 radical (unpaired) electrons. The molecule has 2 rings (SSSR count). The van der Waals surface area contributed by atoms with Gasteiger partial charge in [-0.2, -0.15) is 0 Å². The molecule has 0 heterocycles. The molecule has 0 aliphatic rings. The van der Waals surface area contributed by atoms with Crippen molar-refractivity contribution >= 4 is 72.7 Å². The standard InChI is InChI=1S/C16H14Cl4O2Se2/c17-11-1-3-15(13(19)9-11)21-5-7-23-24-8-6-22-16-4-2-12(18)10-14(16)20/h1-4,9-10H,5-8H2. The summed E-state index contributed by atoms with van der Waals surface area (Å²) in [7, 11) is 0. The Balaban J connectivity index is 1.55. The molecule has 24 heavy (non-hydrogen) atoms. The van der Waals surface area contributed by atoms with Crippen molar-refractivity contribution in [3.8, 4) is 11.5 Å². The van der Waals surface area contributed by atoms with E-state index in [-0.39, 0.29) is 0 Å². The van der Waals surface area contributed by atoms with Crippen LogP contribution < -0.4 is 9.47 Å².